The van der Waals surface area contributed by atoms with Crippen molar-refractivity contribution >= 4 is 0 Å². The molecule has 1 aromatic carbocycles. The van der Waals surface area contributed by atoms with E-state index in [2.05, 4.69) is 6.92 Å². The quantitative estimate of drug-likeness (QED) is 0.327. The van der Waals surface area contributed by atoms with Gasteiger partial charge in [0.05, 0.1) is 0 Å². The van der Waals surface area contributed by atoms with Gasteiger partial charge in [0.2, 0.25) is 0 Å². The van der Waals surface area contributed by atoms with Gasteiger partial charge in [0.1, 0.15) is 5.82 Å². The fraction of sp³-hybridized carbons (Fsp3) is 0.714. The first kappa shape index (κ1) is 20.2. The van der Waals surface area contributed by atoms with Crippen LogP contribution in [0.1, 0.15) is 83.1 Å². The zero-order valence-corrected chi connectivity index (χ0v) is 15.0. The summed E-state index contributed by atoms with van der Waals surface area (Å²) >= 11 is 0. The number of unbranched alkanes of at least 4 members (excludes halogenated alkanes) is 10. The highest BCUT2D eigenvalue weighted by molar-refractivity contribution is 5.16. The molecule has 1 nitrogen and oxygen atoms in total. The Labute approximate surface area is 142 Å². The summed E-state index contributed by atoms with van der Waals surface area (Å²) in [6, 6.07) is 7.01. The van der Waals surface area contributed by atoms with E-state index in [0.717, 1.165) is 25.2 Å². The normalized spacial score (nSPS) is 11.0. The molecule has 23 heavy (non-hydrogen) atoms. The van der Waals surface area contributed by atoms with Gasteiger partial charge >= 0.3 is 0 Å². The van der Waals surface area contributed by atoms with Crippen LogP contribution in [0, 0.1) is 5.82 Å². The lowest BCUT2D eigenvalue weighted by Crippen LogP contribution is -1.92. The lowest BCUT2D eigenvalue weighted by molar-refractivity contribution is 0.143. The van der Waals surface area contributed by atoms with E-state index >= 15 is 0 Å². The number of hydrogen-bond acceptors (Lipinski definition) is 1. The molecule has 0 aromatic heterocycles. The first-order valence-corrected chi connectivity index (χ1v) is 9.65. The summed E-state index contributed by atoms with van der Waals surface area (Å²) < 4.78 is 18.4. The zero-order valence-electron chi connectivity index (χ0n) is 15.0. The second-order valence-corrected chi connectivity index (χ2v) is 6.47. The Kier molecular flexibility index (Phi) is 12.9. The van der Waals surface area contributed by atoms with Crippen LogP contribution in [0.5, 0.6) is 0 Å². The van der Waals surface area contributed by atoms with Crippen molar-refractivity contribution in [1.82, 2.24) is 0 Å². The number of rotatable bonds is 15. The summed E-state index contributed by atoms with van der Waals surface area (Å²) in [7, 11) is 0. The molecule has 0 spiro atoms. The van der Waals surface area contributed by atoms with Crippen molar-refractivity contribution in [3.8, 4) is 0 Å². The maximum Gasteiger partial charge on any atom is 0.123 e. The molecule has 0 aliphatic rings. The number of ether oxygens (including phenoxy) is 1. The average Bonchev–Trinajstić information content (AvgIpc) is 2.55. The highest BCUT2D eigenvalue weighted by Crippen LogP contribution is 2.13. The van der Waals surface area contributed by atoms with Gasteiger partial charge in [-0.25, -0.2) is 4.39 Å². The molecule has 2 heteroatoms. The first-order chi connectivity index (χ1) is 11.3. The molecule has 0 atom stereocenters. The van der Waals surface area contributed by atoms with Gasteiger partial charge in [-0.2, -0.15) is 0 Å². The summed E-state index contributed by atoms with van der Waals surface area (Å²) in [5.74, 6) is -0.111. The minimum atomic E-state index is -0.111. The van der Waals surface area contributed by atoms with Crippen LogP contribution < -0.4 is 0 Å². The van der Waals surface area contributed by atoms with Crippen LogP contribution >= 0.6 is 0 Å². The van der Waals surface area contributed by atoms with E-state index in [0.29, 0.717) is 0 Å². The molecule has 0 aliphatic heterocycles. The summed E-state index contributed by atoms with van der Waals surface area (Å²) in [6.07, 6.45) is 15.6. The summed E-state index contributed by atoms with van der Waals surface area (Å²) in [4.78, 5) is 0. The van der Waals surface area contributed by atoms with Gasteiger partial charge in [-0.05, 0) is 43.9 Å². The fourth-order valence-corrected chi connectivity index (χ4v) is 2.96. The molecule has 1 rings (SSSR count). The maximum atomic E-state index is 13.0. The van der Waals surface area contributed by atoms with E-state index in [1.807, 2.05) is 12.1 Å². The molecule has 132 valence electrons. The van der Waals surface area contributed by atoms with E-state index in [1.54, 1.807) is 6.07 Å². The monoisotopic (exact) mass is 322 g/mol. The Bertz CT molecular complexity index is 378. The summed E-state index contributed by atoms with van der Waals surface area (Å²) in [6.45, 7) is 3.84. The van der Waals surface area contributed by atoms with E-state index < -0.39 is 0 Å². The van der Waals surface area contributed by atoms with Crippen molar-refractivity contribution < 1.29 is 9.13 Å². The predicted octanol–water partition coefficient (Wildman–Crippen LogP) is 6.70. The molecule has 0 saturated heterocycles. The van der Waals surface area contributed by atoms with Crippen LogP contribution in [0.15, 0.2) is 24.3 Å². The molecule has 0 radical (unpaired) electrons. The van der Waals surface area contributed by atoms with Gasteiger partial charge in [-0.3, -0.25) is 0 Å². The molecular formula is C21H35FO. The molecule has 1 aromatic rings. The standard InChI is InChI=1S/C21H35FO/c1-2-23-18-13-11-9-7-5-3-4-6-8-10-12-15-20-16-14-17-21(22)19-20/h14,16-17,19H,2-13,15,18H2,1H3. The van der Waals surface area contributed by atoms with Gasteiger partial charge < -0.3 is 4.74 Å². The van der Waals surface area contributed by atoms with Gasteiger partial charge in [-0.1, -0.05) is 69.9 Å². The summed E-state index contributed by atoms with van der Waals surface area (Å²) in [5, 5.41) is 0. The molecule has 0 bridgehead atoms. The van der Waals surface area contributed by atoms with Crippen LogP contribution in [-0.4, -0.2) is 13.2 Å². The minimum Gasteiger partial charge on any atom is -0.382 e. The lowest BCUT2D eigenvalue weighted by Gasteiger charge is -2.04. The van der Waals surface area contributed by atoms with Crippen molar-refractivity contribution in [3.63, 3.8) is 0 Å². The highest BCUT2D eigenvalue weighted by Gasteiger charge is 1.97. The third-order valence-corrected chi connectivity index (χ3v) is 4.35. The second-order valence-electron chi connectivity index (χ2n) is 6.47. The van der Waals surface area contributed by atoms with Crippen molar-refractivity contribution in [1.29, 1.82) is 0 Å². The Morgan fingerprint density at radius 2 is 1.35 bits per heavy atom. The zero-order chi connectivity index (χ0) is 16.6. The molecule has 0 aliphatic carbocycles. The Morgan fingerprint density at radius 3 is 1.91 bits per heavy atom. The van der Waals surface area contributed by atoms with E-state index in [1.165, 1.54) is 76.7 Å². The third-order valence-electron chi connectivity index (χ3n) is 4.35. The first-order valence-electron chi connectivity index (χ1n) is 9.65. The molecule has 0 heterocycles. The van der Waals surface area contributed by atoms with Gasteiger partial charge in [0.15, 0.2) is 0 Å². The molecule has 0 N–H and O–H groups in total. The maximum absolute atomic E-state index is 13.0. The second kappa shape index (κ2) is 14.7. The van der Waals surface area contributed by atoms with E-state index in [4.69, 9.17) is 4.74 Å². The lowest BCUT2D eigenvalue weighted by atomic mass is 10.0. The van der Waals surface area contributed by atoms with Crippen LogP contribution in [-0.2, 0) is 11.2 Å². The van der Waals surface area contributed by atoms with Crippen LogP contribution in [0.2, 0.25) is 0 Å². The predicted molar refractivity (Wildman–Crippen MR) is 97.4 cm³/mol. The Morgan fingerprint density at radius 1 is 0.783 bits per heavy atom. The molecule has 0 fully saturated rings. The van der Waals surface area contributed by atoms with Gasteiger partial charge in [0, 0.05) is 13.2 Å². The van der Waals surface area contributed by atoms with Crippen LogP contribution in [0.3, 0.4) is 0 Å². The molecule has 0 unspecified atom stereocenters. The Balaban J connectivity index is 1.78. The van der Waals surface area contributed by atoms with Crippen molar-refractivity contribution in [2.75, 3.05) is 13.2 Å². The number of hydrogen-bond donors (Lipinski definition) is 0. The highest BCUT2D eigenvalue weighted by atomic mass is 19.1. The summed E-state index contributed by atoms with van der Waals surface area (Å²) in [5.41, 5.74) is 1.13. The molecule has 0 amide bonds. The largest absolute Gasteiger partial charge is 0.382 e. The van der Waals surface area contributed by atoms with Gasteiger partial charge in [0.25, 0.3) is 0 Å². The fourth-order valence-electron chi connectivity index (χ4n) is 2.96. The average molecular weight is 323 g/mol. The number of halogens is 1. The number of benzene rings is 1. The topological polar surface area (TPSA) is 9.23 Å². The van der Waals surface area contributed by atoms with E-state index in [-0.39, 0.29) is 5.82 Å². The molecular weight excluding hydrogens is 287 g/mol. The third kappa shape index (κ3) is 12.2. The van der Waals surface area contributed by atoms with Crippen molar-refractivity contribution in [2.24, 2.45) is 0 Å². The van der Waals surface area contributed by atoms with Crippen LogP contribution in [0.25, 0.3) is 0 Å². The van der Waals surface area contributed by atoms with E-state index in [9.17, 15) is 4.39 Å². The Hall–Kier alpha value is -0.890. The SMILES string of the molecule is CCOCCCCCCCCCCCCCc1cccc(F)c1. The van der Waals surface area contributed by atoms with Crippen molar-refractivity contribution in [2.45, 2.75) is 84.0 Å². The number of aryl methyl sites for hydroxylation is 1. The van der Waals surface area contributed by atoms with Gasteiger partial charge in [-0.15, -0.1) is 0 Å². The molecule has 0 saturated carbocycles. The van der Waals surface area contributed by atoms with Crippen molar-refractivity contribution in [3.05, 3.63) is 35.6 Å². The van der Waals surface area contributed by atoms with Crippen LogP contribution in [0.4, 0.5) is 4.39 Å². The smallest absolute Gasteiger partial charge is 0.123 e. The minimum absolute atomic E-state index is 0.111.